The molecule has 0 saturated carbocycles. The van der Waals surface area contributed by atoms with Gasteiger partial charge in [0.25, 0.3) is 0 Å². The monoisotopic (exact) mass is 478 g/mol. The largest absolute Gasteiger partial charge is 0.445 e. The number of hydrogen-bond donors (Lipinski definition) is 2. The fourth-order valence-corrected chi connectivity index (χ4v) is 3.63. The summed E-state index contributed by atoms with van der Waals surface area (Å²) >= 11 is 6.08. The summed E-state index contributed by atoms with van der Waals surface area (Å²) in [5.41, 5.74) is 0. The number of amides is 2. The van der Waals surface area contributed by atoms with Crippen LogP contribution in [0.3, 0.4) is 0 Å². The molecule has 0 spiro atoms. The van der Waals surface area contributed by atoms with E-state index >= 15 is 0 Å². The van der Waals surface area contributed by atoms with Gasteiger partial charge >= 0.3 is 6.18 Å². The Hall–Kier alpha value is -2.44. The van der Waals surface area contributed by atoms with Gasteiger partial charge in [-0.3, -0.25) is 14.5 Å². The Morgan fingerprint density at radius 2 is 1.84 bits per heavy atom. The molecule has 1 aliphatic rings. The van der Waals surface area contributed by atoms with Crippen molar-refractivity contribution < 1.29 is 32.4 Å². The lowest BCUT2D eigenvalue weighted by Gasteiger charge is -2.32. The molecule has 2 N–H and O–H groups in total. The van der Waals surface area contributed by atoms with Crippen molar-refractivity contribution in [2.45, 2.75) is 19.0 Å². The van der Waals surface area contributed by atoms with Gasteiger partial charge in [0.05, 0.1) is 26.2 Å². The Morgan fingerprint density at radius 1 is 1.16 bits per heavy atom. The van der Waals surface area contributed by atoms with Crippen LogP contribution in [-0.2, 0) is 15.8 Å². The van der Waals surface area contributed by atoms with Crippen LogP contribution in [0.5, 0.6) is 5.75 Å². The molecule has 1 aromatic heterocycles. The fraction of sp³-hybridized carbons (Fsp3) is 0.444. The highest BCUT2D eigenvalue weighted by atomic mass is 35.5. The molecule has 1 aromatic carbocycles. The van der Waals surface area contributed by atoms with Gasteiger partial charge in [-0.25, -0.2) is 0 Å². The zero-order valence-electron chi connectivity index (χ0n) is 16.2. The minimum absolute atomic E-state index is 0.0344. The van der Waals surface area contributed by atoms with Crippen LogP contribution >= 0.6 is 22.9 Å². The van der Waals surface area contributed by atoms with Gasteiger partial charge in [-0.15, -0.1) is 10.2 Å². The van der Waals surface area contributed by atoms with E-state index in [0.29, 0.717) is 37.9 Å². The molecule has 3 rings (SSSR count). The number of carbonyl (C=O) groups excluding carboxylic acids is 2. The minimum Gasteiger partial charge on any atom is -0.445 e. The molecule has 0 unspecified atom stereocenters. The van der Waals surface area contributed by atoms with E-state index in [1.165, 1.54) is 4.90 Å². The fourth-order valence-electron chi connectivity index (χ4n) is 2.88. The number of nitrogens with one attached hydrogen (secondary N) is 2. The van der Waals surface area contributed by atoms with Crippen LogP contribution in [0, 0.1) is 0 Å². The number of aromatic nitrogens is 2. The first-order chi connectivity index (χ1) is 14.7. The number of carbonyl (C=O) groups is 2. The molecule has 2 amide bonds. The van der Waals surface area contributed by atoms with Crippen molar-refractivity contribution in [3.63, 3.8) is 0 Å². The van der Waals surface area contributed by atoms with Crippen LogP contribution in [0.2, 0.25) is 5.02 Å². The summed E-state index contributed by atoms with van der Waals surface area (Å²) in [5.74, 6) is -0.0425. The van der Waals surface area contributed by atoms with Crippen molar-refractivity contribution >= 4 is 39.9 Å². The van der Waals surface area contributed by atoms with Crippen LogP contribution < -0.4 is 15.0 Å². The SMILES string of the molecule is O=C(CCC(=O)N1CC[NH+](COc2ccc(Cl)cc2)CC1)Nc1nnc(C(F)(F)F)s1. The summed E-state index contributed by atoms with van der Waals surface area (Å²) < 4.78 is 43.2. The van der Waals surface area contributed by atoms with Gasteiger partial charge in [0, 0.05) is 17.9 Å². The summed E-state index contributed by atoms with van der Waals surface area (Å²) in [6, 6.07) is 7.08. The minimum atomic E-state index is -4.61. The molecule has 0 aliphatic carbocycles. The van der Waals surface area contributed by atoms with Crippen molar-refractivity contribution in [1.29, 1.82) is 0 Å². The lowest BCUT2D eigenvalue weighted by Crippen LogP contribution is -3.15. The van der Waals surface area contributed by atoms with E-state index < -0.39 is 17.1 Å². The average molecular weight is 479 g/mol. The lowest BCUT2D eigenvalue weighted by molar-refractivity contribution is -0.919. The average Bonchev–Trinajstić information content (AvgIpc) is 3.21. The summed E-state index contributed by atoms with van der Waals surface area (Å²) in [5, 5.41) is 7.77. The normalized spacial score (nSPS) is 15.0. The summed E-state index contributed by atoms with van der Waals surface area (Å²) in [7, 11) is 0. The topological polar surface area (TPSA) is 88.9 Å². The van der Waals surface area contributed by atoms with Crippen molar-refractivity contribution in [3.05, 3.63) is 34.3 Å². The first kappa shape index (κ1) is 23.2. The van der Waals surface area contributed by atoms with E-state index in [9.17, 15) is 22.8 Å². The summed E-state index contributed by atoms with van der Waals surface area (Å²) in [4.78, 5) is 27.1. The van der Waals surface area contributed by atoms with Crippen LogP contribution in [0.4, 0.5) is 18.3 Å². The van der Waals surface area contributed by atoms with E-state index in [-0.39, 0.29) is 35.2 Å². The zero-order valence-corrected chi connectivity index (χ0v) is 17.8. The Labute approximate surface area is 184 Å². The molecule has 13 heteroatoms. The van der Waals surface area contributed by atoms with Crippen LogP contribution in [0.1, 0.15) is 17.8 Å². The number of hydrogen-bond acceptors (Lipinski definition) is 6. The first-order valence-corrected chi connectivity index (χ1v) is 10.6. The molecule has 0 radical (unpaired) electrons. The molecule has 31 heavy (non-hydrogen) atoms. The van der Waals surface area contributed by atoms with Gasteiger partial charge in [-0.2, -0.15) is 13.2 Å². The second-order valence-corrected chi connectivity index (χ2v) is 8.25. The molecular formula is C18H20ClF3N5O3S+. The van der Waals surface area contributed by atoms with Crippen molar-refractivity contribution in [2.24, 2.45) is 0 Å². The smallest absolute Gasteiger partial charge is 0.445 e. The predicted molar refractivity (Wildman–Crippen MR) is 107 cm³/mol. The molecule has 168 valence electrons. The van der Waals surface area contributed by atoms with Gasteiger partial charge in [-0.1, -0.05) is 22.9 Å². The van der Waals surface area contributed by atoms with Gasteiger partial charge in [0.2, 0.25) is 28.7 Å². The third-order valence-electron chi connectivity index (χ3n) is 4.56. The number of rotatable bonds is 7. The highest BCUT2D eigenvalue weighted by molar-refractivity contribution is 7.15. The maximum absolute atomic E-state index is 12.5. The predicted octanol–water partition coefficient (Wildman–Crippen LogP) is 1.69. The molecule has 1 aliphatic heterocycles. The van der Waals surface area contributed by atoms with Crippen LogP contribution in [-0.4, -0.2) is 59.8 Å². The van der Waals surface area contributed by atoms with Crippen LogP contribution in [0.15, 0.2) is 24.3 Å². The maximum atomic E-state index is 12.5. The van der Waals surface area contributed by atoms with E-state index in [1.54, 1.807) is 29.2 Å². The van der Waals surface area contributed by atoms with Gasteiger partial charge < -0.3 is 15.0 Å². The third kappa shape index (κ3) is 7.04. The summed E-state index contributed by atoms with van der Waals surface area (Å²) in [6.07, 6.45) is -4.79. The Bertz CT molecular complexity index is 902. The zero-order chi connectivity index (χ0) is 22.4. The molecule has 2 aromatic rings. The van der Waals surface area contributed by atoms with Crippen LogP contribution in [0.25, 0.3) is 0 Å². The highest BCUT2D eigenvalue weighted by Crippen LogP contribution is 2.33. The van der Waals surface area contributed by atoms with Gasteiger partial charge in [-0.05, 0) is 24.3 Å². The molecule has 0 bridgehead atoms. The Balaban J connectivity index is 1.35. The number of quaternary nitrogens is 1. The number of piperazine rings is 1. The molecule has 2 heterocycles. The molecule has 1 fully saturated rings. The van der Waals surface area contributed by atoms with Gasteiger partial charge in [0.1, 0.15) is 5.75 Å². The van der Waals surface area contributed by atoms with E-state index in [2.05, 4.69) is 15.5 Å². The van der Waals surface area contributed by atoms with Gasteiger partial charge in [0.15, 0.2) is 0 Å². The number of halogens is 4. The van der Waals surface area contributed by atoms with Crippen molar-refractivity contribution in [1.82, 2.24) is 15.1 Å². The lowest BCUT2D eigenvalue weighted by atomic mass is 10.2. The van der Waals surface area contributed by atoms with E-state index in [0.717, 1.165) is 5.75 Å². The second-order valence-electron chi connectivity index (χ2n) is 6.83. The molecule has 8 nitrogen and oxygen atoms in total. The third-order valence-corrected chi connectivity index (χ3v) is 5.70. The summed E-state index contributed by atoms with van der Waals surface area (Å²) in [6.45, 7) is 2.94. The number of anilines is 1. The molecular weight excluding hydrogens is 459 g/mol. The number of benzene rings is 1. The molecule has 0 atom stereocenters. The number of ether oxygens (including phenoxy) is 1. The standard InChI is InChI=1S/C18H19ClF3N5O3S/c19-12-1-3-13(4-2-12)30-11-26-7-9-27(10-8-26)15(29)6-5-14(28)23-17-25-24-16(31-17)18(20,21)22/h1-4H,5-11H2,(H,23,25,28)/p+1. The quantitative estimate of drug-likeness (QED) is 0.632. The Morgan fingerprint density at radius 3 is 2.45 bits per heavy atom. The molecule has 1 saturated heterocycles. The Kier molecular flexibility index (Phi) is 7.68. The number of alkyl halides is 3. The first-order valence-electron chi connectivity index (χ1n) is 9.41. The van der Waals surface area contributed by atoms with Crippen molar-refractivity contribution in [2.75, 3.05) is 38.2 Å². The highest BCUT2D eigenvalue weighted by Gasteiger charge is 2.35. The maximum Gasteiger partial charge on any atom is 0.445 e. The van der Waals surface area contributed by atoms with E-state index in [4.69, 9.17) is 16.3 Å². The van der Waals surface area contributed by atoms with Crippen molar-refractivity contribution in [3.8, 4) is 5.75 Å². The second kappa shape index (κ2) is 10.2. The van der Waals surface area contributed by atoms with E-state index in [1.807, 2.05) is 0 Å². The number of nitrogens with zero attached hydrogens (tertiary/aromatic N) is 3.